The number of aliphatic hydroxyl groups excluding tert-OH is 1. The average Bonchev–Trinajstić information content (AvgIpc) is 3.53. The number of aliphatic hydroxyl groups is 1. The van der Waals surface area contributed by atoms with Gasteiger partial charge in [-0.15, -0.1) is 0 Å². The molecule has 1 saturated heterocycles. The molecule has 57 heavy (non-hydrogen) atoms. The van der Waals surface area contributed by atoms with E-state index < -0.39 is 12.7 Å². The monoisotopic (exact) mass is 789 g/mol. The van der Waals surface area contributed by atoms with Gasteiger partial charge in [0.2, 0.25) is 5.91 Å². The number of fused-ring (bicyclic) bond motifs is 2. The summed E-state index contributed by atoms with van der Waals surface area (Å²) >= 11 is 0. The zero-order valence-electron chi connectivity index (χ0n) is 33.5. The molecule has 1 atom stereocenters. The van der Waals surface area contributed by atoms with Gasteiger partial charge in [-0.05, 0) is 105 Å². The predicted octanol–water partition coefficient (Wildman–Crippen LogP) is 5.85. The van der Waals surface area contributed by atoms with E-state index in [0.29, 0.717) is 40.9 Å². The number of likely N-dealkylation sites (N-methyl/N-ethyl adjacent to an activating group) is 1. The van der Waals surface area contributed by atoms with E-state index in [-0.39, 0.29) is 48.6 Å². The third-order valence-corrected chi connectivity index (χ3v) is 10.4. The quantitative estimate of drug-likeness (QED) is 0.127. The molecule has 1 fully saturated rings. The summed E-state index contributed by atoms with van der Waals surface area (Å²) < 4.78 is 48.0. The third-order valence-electron chi connectivity index (χ3n) is 10.4. The Bertz CT molecular complexity index is 2080. The molecule has 4 aromatic rings. The molecule has 0 spiro atoms. The molecule has 0 saturated carbocycles. The zero-order valence-corrected chi connectivity index (χ0v) is 33.5. The number of likely N-dealkylation sites (tertiary alicyclic amines) is 1. The van der Waals surface area contributed by atoms with Gasteiger partial charge in [-0.25, -0.2) is 0 Å². The molecule has 2 aliphatic heterocycles. The normalized spacial score (nSPS) is 16.3. The zero-order chi connectivity index (χ0) is 41.3. The van der Waals surface area contributed by atoms with Crippen LogP contribution in [0.25, 0.3) is 10.9 Å². The molecule has 0 aliphatic carbocycles. The van der Waals surface area contributed by atoms with Crippen LogP contribution in [0.2, 0.25) is 0 Å². The summed E-state index contributed by atoms with van der Waals surface area (Å²) in [6, 6.07) is 18.2. The number of nitrogens with one attached hydrogen (secondary N) is 4. The van der Waals surface area contributed by atoms with Gasteiger partial charge < -0.3 is 45.5 Å². The highest BCUT2D eigenvalue weighted by molar-refractivity contribution is 5.95. The van der Waals surface area contributed by atoms with Crippen LogP contribution < -0.4 is 30.9 Å². The SMILES string of the molecule is CO.COc1cc(C(=O)NCc2ccc3c(c2)N(C)C(C(C)C)C(=O)NCC3)ccc1NCC#Cc1cc2c(NC3CCN(C)CC3)cccc2n1CC(F)(F)F. The Hall–Kier alpha value is -5.39. The van der Waals surface area contributed by atoms with Gasteiger partial charge in [0.05, 0.1) is 30.6 Å². The first-order chi connectivity index (χ1) is 27.3. The van der Waals surface area contributed by atoms with Crippen molar-refractivity contribution in [2.75, 3.05) is 70.0 Å². The molecule has 14 heteroatoms. The number of piperidine rings is 1. The lowest BCUT2D eigenvalue weighted by Gasteiger charge is -2.35. The fourth-order valence-corrected chi connectivity index (χ4v) is 7.53. The van der Waals surface area contributed by atoms with Crippen LogP contribution >= 0.6 is 0 Å². The number of ether oxygens (including phenoxy) is 1. The third kappa shape index (κ3) is 10.7. The number of halogens is 3. The van der Waals surface area contributed by atoms with Crippen molar-refractivity contribution in [2.24, 2.45) is 5.92 Å². The molecule has 11 nitrogen and oxygen atoms in total. The Morgan fingerprint density at radius 1 is 1.04 bits per heavy atom. The maximum Gasteiger partial charge on any atom is 0.406 e. The number of rotatable bonds is 10. The maximum atomic E-state index is 13.7. The van der Waals surface area contributed by atoms with Gasteiger partial charge >= 0.3 is 6.18 Å². The number of carbonyl (C=O) groups excluding carboxylic acids is 2. The van der Waals surface area contributed by atoms with Crippen molar-refractivity contribution in [1.29, 1.82) is 0 Å². The molecular weight excluding hydrogens is 736 g/mol. The average molecular weight is 790 g/mol. The van der Waals surface area contributed by atoms with Crippen molar-refractivity contribution in [3.63, 3.8) is 0 Å². The lowest BCUT2D eigenvalue weighted by atomic mass is 9.97. The maximum absolute atomic E-state index is 13.7. The van der Waals surface area contributed by atoms with Crippen molar-refractivity contribution < 1.29 is 32.6 Å². The Balaban J connectivity index is 0.00000305. The molecule has 1 aromatic heterocycles. The second-order valence-corrected chi connectivity index (χ2v) is 14.7. The van der Waals surface area contributed by atoms with Crippen LogP contribution in [0, 0.1) is 17.8 Å². The topological polar surface area (TPSA) is 123 Å². The van der Waals surface area contributed by atoms with Crippen LogP contribution in [0.15, 0.2) is 60.7 Å². The second-order valence-electron chi connectivity index (χ2n) is 14.7. The summed E-state index contributed by atoms with van der Waals surface area (Å²) in [5.74, 6) is 6.19. The first-order valence-corrected chi connectivity index (χ1v) is 19.2. The highest BCUT2D eigenvalue weighted by Gasteiger charge is 2.31. The van der Waals surface area contributed by atoms with Crippen LogP contribution in [0.1, 0.15) is 53.9 Å². The van der Waals surface area contributed by atoms with E-state index in [1.165, 1.54) is 11.7 Å². The van der Waals surface area contributed by atoms with Crippen LogP contribution in [0.3, 0.4) is 0 Å². The number of nitrogens with zero attached hydrogens (tertiary/aromatic N) is 3. The molecule has 5 N–H and O–H groups in total. The minimum absolute atomic E-state index is 0.00959. The lowest BCUT2D eigenvalue weighted by Crippen LogP contribution is -2.50. The smallest absolute Gasteiger partial charge is 0.406 e. The number of hydrogen-bond acceptors (Lipinski definition) is 8. The van der Waals surface area contributed by atoms with Crippen LogP contribution in [0.5, 0.6) is 5.75 Å². The number of carbonyl (C=O) groups is 2. The summed E-state index contributed by atoms with van der Waals surface area (Å²) in [6.45, 7) is 5.82. The van der Waals surface area contributed by atoms with Gasteiger partial charge in [0.15, 0.2) is 0 Å². The summed E-state index contributed by atoms with van der Waals surface area (Å²) in [5, 5.41) is 20.5. The number of methoxy groups -OCH3 is 1. The summed E-state index contributed by atoms with van der Waals surface area (Å²) in [7, 11) is 6.52. The number of hydrogen-bond donors (Lipinski definition) is 5. The Morgan fingerprint density at radius 3 is 2.49 bits per heavy atom. The van der Waals surface area contributed by atoms with Gasteiger partial charge in [0, 0.05) is 55.6 Å². The molecule has 0 bridgehead atoms. The predicted molar refractivity (Wildman–Crippen MR) is 220 cm³/mol. The fourth-order valence-electron chi connectivity index (χ4n) is 7.53. The molecule has 2 aliphatic rings. The number of aromatic nitrogens is 1. The Labute approximate surface area is 332 Å². The van der Waals surface area contributed by atoms with Crippen molar-refractivity contribution in [1.82, 2.24) is 20.1 Å². The number of benzene rings is 3. The van der Waals surface area contributed by atoms with Crippen molar-refractivity contribution in [3.05, 3.63) is 83.0 Å². The molecule has 2 amide bonds. The van der Waals surface area contributed by atoms with Crippen molar-refractivity contribution in [2.45, 2.75) is 64.5 Å². The molecule has 3 aromatic carbocycles. The highest BCUT2D eigenvalue weighted by Crippen LogP contribution is 2.32. The van der Waals surface area contributed by atoms with Gasteiger partial charge in [-0.1, -0.05) is 38.0 Å². The standard InChI is InChI=1S/C42H50F3N7O3.CH4O/c1-27(2)39-41(54)47-19-15-29-12-11-28(22-37(29)51(39)4)25-48-40(53)30-13-14-35(38(23-30)55-5)46-18-7-8-32-24-33-34(49-31-16-20-50(3)21-17-31)9-6-10-36(33)52(32)26-42(43,44)45;1-2/h6,9-14,22-24,27,31,39,46,49H,15-21,25-26H2,1-5H3,(H,47,54)(H,48,53);2H,1H3. The number of alkyl halides is 3. The van der Waals surface area contributed by atoms with Gasteiger partial charge in [0.25, 0.3) is 5.91 Å². The van der Waals surface area contributed by atoms with E-state index in [0.717, 1.165) is 55.5 Å². The van der Waals surface area contributed by atoms with Crippen molar-refractivity contribution >= 4 is 39.8 Å². The Morgan fingerprint density at radius 2 is 1.79 bits per heavy atom. The summed E-state index contributed by atoms with van der Waals surface area (Å²) in [6.07, 6.45) is -1.79. The molecule has 306 valence electrons. The van der Waals surface area contributed by atoms with Crippen LogP contribution in [0.4, 0.5) is 30.2 Å². The van der Waals surface area contributed by atoms with Crippen molar-refractivity contribution in [3.8, 4) is 17.6 Å². The van der Waals surface area contributed by atoms with E-state index in [2.05, 4.69) is 51.1 Å². The first kappa shape index (κ1) is 42.7. The molecule has 3 heterocycles. The first-order valence-electron chi connectivity index (χ1n) is 19.2. The second kappa shape index (κ2) is 19.2. The van der Waals surface area contributed by atoms with E-state index in [4.69, 9.17) is 9.84 Å². The van der Waals surface area contributed by atoms with Gasteiger partial charge in [0.1, 0.15) is 18.3 Å². The van der Waals surface area contributed by atoms with E-state index in [9.17, 15) is 22.8 Å². The van der Waals surface area contributed by atoms with E-state index in [1.54, 1.807) is 36.4 Å². The highest BCUT2D eigenvalue weighted by atomic mass is 19.4. The van der Waals surface area contributed by atoms with Crippen LogP contribution in [-0.2, 0) is 24.3 Å². The largest absolute Gasteiger partial charge is 0.495 e. The molecule has 6 rings (SSSR count). The minimum Gasteiger partial charge on any atom is -0.495 e. The Kier molecular flexibility index (Phi) is 14.4. The number of amides is 2. The lowest BCUT2D eigenvalue weighted by molar-refractivity contribution is -0.140. The van der Waals surface area contributed by atoms with E-state index >= 15 is 0 Å². The van der Waals surface area contributed by atoms with Gasteiger partial charge in [-0.2, -0.15) is 13.2 Å². The molecular formula is C43H54F3N7O4. The van der Waals surface area contributed by atoms with Crippen LogP contribution in [-0.4, -0.2) is 99.1 Å². The molecule has 1 unspecified atom stereocenters. The van der Waals surface area contributed by atoms with E-state index in [1.807, 2.05) is 44.0 Å². The summed E-state index contributed by atoms with van der Waals surface area (Å²) in [4.78, 5) is 30.3. The molecule has 0 radical (unpaired) electrons. The minimum atomic E-state index is -4.42. The van der Waals surface area contributed by atoms with Gasteiger partial charge in [-0.3, -0.25) is 9.59 Å². The fraction of sp³-hybridized carbons (Fsp3) is 0.442. The number of anilines is 3. The summed E-state index contributed by atoms with van der Waals surface area (Å²) in [5.41, 5.74) is 5.55.